The van der Waals surface area contributed by atoms with Crippen molar-refractivity contribution in [1.29, 1.82) is 0 Å². The van der Waals surface area contributed by atoms with Crippen LogP contribution in [0, 0.1) is 6.92 Å². The molecule has 1 fully saturated rings. The highest BCUT2D eigenvalue weighted by molar-refractivity contribution is 5.92. The summed E-state index contributed by atoms with van der Waals surface area (Å²) in [5.74, 6) is 0.878. The first-order valence-corrected chi connectivity index (χ1v) is 7.03. The first-order valence-electron chi connectivity index (χ1n) is 7.03. The monoisotopic (exact) mass is 303 g/mol. The molecule has 0 unspecified atom stereocenters. The number of carbonyl (C=O) groups is 1. The van der Waals surface area contributed by atoms with E-state index in [1.807, 2.05) is 6.07 Å². The van der Waals surface area contributed by atoms with E-state index in [1.54, 1.807) is 32.4 Å². The van der Waals surface area contributed by atoms with Crippen LogP contribution in [0.3, 0.4) is 0 Å². The Morgan fingerprint density at radius 1 is 1.45 bits per heavy atom. The van der Waals surface area contributed by atoms with Crippen molar-refractivity contribution >= 4 is 5.91 Å². The summed E-state index contributed by atoms with van der Waals surface area (Å²) >= 11 is 0. The topological polar surface area (TPSA) is 86.5 Å². The van der Waals surface area contributed by atoms with Gasteiger partial charge in [-0.1, -0.05) is 5.16 Å². The van der Waals surface area contributed by atoms with E-state index in [-0.39, 0.29) is 23.7 Å². The minimum absolute atomic E-state index is 0.125. The SMILES string of the molecule is COc1ccc([C@H]2OCC[C@@H]2NC(=O)c2cc(C)on2)cn1. The lowest BCUT2D eigenvalue weighted by Gasteiger charge is -2.19. The molecule has 0 saturated carbocycles. The second-order valence-electron chi connectivity index (χ2n) is 5.12. The summed E-state index contributed by atoms with van der Waals surface area (Å²) in [5, 5.41) is 6.66. The van der Waals surface area contributed by atoms with E-state index in [0.29, 0.717) is 18.2 Å². The van der Waals surface area contributed by atoms with Gasteiger partial charge >= 0.3 is 0 Å². The second-order valence-corrected chi connectivity index (χ2v) is 5.12. The fraction of sp³-hybridized carbons (Fsp3) is 0.400. The lowest BCUT2D eigenvalue weighted by Crippen LogP contribution is -2.37. The highest BCUT2D eigenvalue weighted by Crippen LogP contribution is 2.29. The zero-order valence-corrected chi connectivity index (χ0v) is 12.4. The molecular formula is C15H17N3O4. The van der Waals surface area contributed by atoms with E-state index in [9.17, 15) is 4.79 Å². The summed E-state index contributed by atoms with van der Waals surface area (Å²) in [6.07, 6.45) is 2.21. The van der Waals surface area contributed by atoms with Crippen LogP contribution in [0.5, 0.6) is 5.88 Å². The average molecular weight is 303 g/mol. The summed E-state index contributed by atoms with van der Waals surface area (Å²) in [7, 11) is 1.57. The number of hydrogen-bond acceptors (Lipinski definition) is 6. The van der Waals surface area contributed by atoms with Crippen LogP contribution < -0.4 is 10.1 Å². The van der Waals surface area contributed by atoms with Gasteiger partial charge in [0.15, 0.2) is 5.69 Å². The maximum atomic E-state index is 12.2. The maximum Gasteiger partial charge on any atom is 0.273 e. The minimum Gasteiger partial charge on any atom is -0.481 e. The third-order valence-corrected chi connectivity index (χ3v) is 3.57. The molecule has 116 valence electrons. The van der Waals surface area contributed by atoms with Gasteiger partial charge in [-0.05, 0) is 19.4 Å². The van der Waals surface area contributed by atoms with Gasteiger partial charge in [-0.15, -0.1) is 0 Å². The molecule has 2 aromatic rings. The van der Waals surface area contributed by atoms with Gasteiger partial charge in [0.2, 0.25) is 5.88 Å². The van der Waals surface area contributed by atoms with Gasteiger partial charge in [-0.2, -0.15) is 0 Å². The number of rotatable bonds is 4. The molecule has 3 heterocycles. The summed E-state index contributed by atoms with van der Waals surface area (Å²) < 4.78 is 15.7. The quantitative estimate of drug-likeness (QED) is 0.924. The van der Waals surface area contributed by atoms with Crippen LogP contribution in [0.1, 0.15) is 34.3 Å². The summed E-state index contributed by atoms with van der Waals surface area (Å²) in [5.41, 5.74) is 1.18. The molecule has 0 aliphatic carbocycles. The number of ether oxygens (including phenoxy) is 2. The van der Waals surface area contributed by atoms with E-state index >= 15 is 0 Å². The molecule has 2 atom stereocenters. The van der Waals surface area contributed by atoms with Gasteiger partial charge in [0.05, 0.1) is 13.2 Å². The third-order valence-electron chi connectivity index (χ3n) is 3.57. The van der Waals surface area contributed by atoms with Gasteiger partial charge in [-0.3, -0.25) is 4.79 Å². The number of nitrogens with zero attached hydrogens (tertiary/aromatic N) is 2. The summed E-state index contributed by atoms with van der Waals surface area (Å²) in [6, 6.07) is 5.15. The highest BCUT2D eigenvalue weighted by atomic mass is 16.5. The van der Waals surface area contributed by atoms with Gasteiger partial charge in [0.25, 0.3) is 5.91 Å². The largest absolute Gasteiger partial charge is 0.481 e. The van der Waals surface area contributed by atoms with E-state index in [0.717, 1.165) is 12.0 Å². The fourth-order valence-corrected chi connectivity index (χ4v) is 2.46. The molecule has 0 radical (unpaired) electrons. The molecule has 7 heteroatoms. The van der Waals surface area contributed by atoms with Crippen LogP contribution in [0.25, 0.3) is 0 Å². The van der Waals surface area contributed by atoms with Crippen LogP contribution in [0.2, 0.25) is 0 Å². The number of methoxy groups -OCH3 is 1. The van der Waals surface area contributed by atoms with E-state index in [4.69, 9.17) is 14.0 Å². The molecule has 1 N–H and O–H groups in total. The molecule has 7 nitrogen and oxygen atoms in total. The molecule has 0 bridgehead atoms. The number of pyridine rings is 1. The molecule has 1 saturated heterocycles. The van der Waals surface area contributed by atoms with Crippen molar-refractivity contribution in [3.05, 3.63) is 41.4 Å². The van der Waals surface area contributed by atoms with Crippen molar-refractivity contribution in [2.75, 3.05) is 13.7 Å². The van der Waals surface area contributed by atoms with Crippen LogP contribution in [-0.4, -0.2) is 35.8 Å². The molecule has 3 rings (SSSR count). The Morgan fingerprint density at radius 2 is 2.32 bits per heavy atom. The zero-order chi connectivity index (χ0) is 15.5. The van der Waals surface area contributed by atoms with Crippen LogP contribution in [-0.2, 0) is 4.74 Å². The lowest BCUT2D eigenvalue weighted by molar-refractivity contribution is 0.0813. The molecule has 1 amide bonds. The number of aryl methyl sites for hydroxylation is 1. The average Bonchev–Trinajstić information content (AvgIpc) is 3.16. The Morgan fingerprint density at radius 3 is 2.95 bits per heavy atom. The van der Waals surface area contributed by atoms with Crippen molar-refractivity contribution < 1.29 is 18.8 Å². The maximum absolute atomic E-state index is 12.2. The predicted molar refractivity (Wildman–Crippen MR) is 76.6 cm³/mol. The van der Waals surface area contributed by atoms with E-state index in [2.05, 4.69) is 15.5 Å². The Hall–Kier alpha value is -2.41. The molecule has 1 aliphatic heterocycles. The Labute approximate surface area is 127 Å². The van der Waals surface area contributed by atoms with Crippen LogP contribution in [0.4, 0.5) is 0 Å². The zero-order valence-electron chi connectivity index (χ0n) is 12.4. The number of carbonyl (C=O) groups excluding carboxylic acids is 1. The minimum atomic E-state index is -0.265. The van der Waals surface area contributed by atoms with Crippen LogP contribution >= 0.6 is 0 Å². The molecule has 2 aromatic heterocycles. The van der Waals surface area contributed by atoms with Crippen molar-refractivity contribution in [2.24, 2.45) is 0 Å². The number of amides is 1. The van der Waals surface area contributed by atoms with E-state index in [1.165, 1.54) is 0 Å². The summed E-state index contributed by atoms with van der Waals surface area (Å²) in [4.78, 5) is 16.3. The van der Waals surface area contributed by atoms with Crippen molar-refractivity contribution in [3.8, 4) is 5.88 Å². The first-order chi connectivity index (χ1) is 10.7. The Balaban J connectivity index is 1.71. The molecule has 22 heavy (non-hydrogen) atoms. The third kappa shape index (κ3) is 2.94. The normalized spacial score (nSPS) is 20.8. The fourth-order valence-electron chi connectivity index (χ4n) is 2.46. The van der Waals surface area contributed by atoms with Gasteiger partial charge in [-0.25, -0.2) is 4.98 Å². The lowest BCUT2D eigenvalue weighted by atomic mass is 10.0. The van der Waals surface area contributed by atoms with Gasteiger partial charge in [0.1, 0.15) is 11.9 Å². The molecule has 0 aromatic carbocycles. The number of hydrogen-bond donors (Lipinski definition) is 1. The highest BCUT2D eigenvalue weighted by Gasteiger charge is 2.32. The smallest absolute Gasteiger partial charge is 0.273 e. The second kappa shape index (κ2) is 6.15. The standard InChI is InChI=1S/C15H17N3O4/c1-9-7-12(18-22-9)15(19)17-11-5-6-21-14(11)10-3-4-13(20-2)16-8-10/h3-4,7-8,11,14H,5-6H2,1-2H3,(H,17,19)/t11-,14+/m0/s1. The Bertz CT molecular complexity index is 653. The summed E-state index contributed by atoms with van der Waals surface area (Å²) in [6.45, 7) is 2.33. The van der Waals surface area contributed by atoms with Gasteiger partial charge in [0, 0.05) is 30.5 Å². The molecule has 1 aliphatic rings. The van der Waals surface area contributed by atoms with Crippen molar-refractivity contribution in [2.45, 2.75) is 25.5 Å². The van der Waals surface area contributed by atoms with Crippen molar-refractivity contribution in [3.63, 3.8) is 0 Å². The predicted octanol–water partition coefficient (Wildman–Crippen LogP) is 1.65. The van der Waals surface area contributed by atoms with E-state index < -0.39 is 0 Å². The molecule has 0 spiro atoms. The van der Waals surface area contributed by atoms with Crippen molar-refractivity contribution in [1.82, 2.24) is 15.5 Å². The Kier molecular flexibility index (Phi) is 4.06. The number of aromatic nitrogens is 2. The van der Waals surface area contributed by atoms with Crippen LogP contribution in [0.15, 0.2) is 28.9 Å². The molecular weight excluding hydrogens is 286 g/mol. The number of nitrogens with one attached hydrogen (secondary N) is 1. The van der Waals surface area contributed by atoms with Gasteiger partial charge < -0.3 is 19.3 Å². The first kappa shape index (κ1) is 14.5.